The monoisotopic (exact) mass is 370 g/mol. The molecule has 1 heterocycles. The van der Waals surface area contributed by atoms with Gasteiger partial charge in [-0.2, -0.15) is 0 Å². The number of benzene rings is 1. The van der Waals surface area contributed by atoms with Crippen LogP contribution in [0.3, 0.4) is 0 Å². The normalized spacial score (nSPS) is 23.6. The minimum absolute atomic E-state index is 0.437. The van der Waals surface area contributed by atoms with E-state index in [4.69, 9.17) is 0 Å². The molecule has 2 fully saturated rings. The van der Waals surface area contributed by atoms with Crippen molar-refractivity contribution in [2.75, 3.05) is 37.6 Å². The second-order valence-electron chi connectivity index (χ2n) is 10.9. The Morgan fingerprint density at radius 2 is 1.59 bits per heavy atom. The largest absolute Gasteiger partial charge is 0.369 e. The molecule has 27 heavy (non-hydrogen) atoms. The van der Waals surface area contributed by atoms with Crippen LogP contribution in [0.25, 0.3) is 0 Å². The van der Waals surface area contributed by atoms with E-state index in [0.29, 0.717) is 16.7 Å². The number of rotatable bonds is 5. The lowest BCUT2D eigenvalue weighted by Gasteiger charge is -2.46. The highest BCUT2D eigenvalue weighted by Crippen LogP contribution is 2.53. The van der Waals surface area contributed by atoms with Crippen LogP contribution in [-0.2, 0) is 0 Å². The average molecular weight is 371 g/mol. The van der Waals surface area contributed by atoms with Crippen LogP contribution < -0.4 is 4.90 Å². The summed E-state index contributed by atoms with van der Waals surface area (Å²) in [6.07, 6.45) is 6.62. The molecule has 0 atom stereocenters. The van der Waals surface area contributed by atoms with Crippen molar-refractivity contribution in [1.82, 2.24) is 4.90 Å². The fourth-order valence-electron chi connectivity index (χ4n) is 5.95. The maximum atomic E-state index is 2.67. The third-order valence-corrected chi connectivity index (χ3v) is 6.72. The second kappa shape index (κ2) is 8.15. The predicted molar refractivity (Wildman–Crippen MR) is 119 cm³/mol. The number of unbranched alkanes of at least 4 members (excludes halogenated alkanes) is 1. The molecule has 0 spiro atoms. The molecule has 1 aliphatic carbocycles. The van der Waals surface area contributed by atoms with E-state index in [2.05, 4.69) is 69.5 Å². The van der Waals surface area contributed by atoms with Crippen LogP contribution >= 0.6 is 0 Å². The maximum Gasteiger partial charge on any atom is 0.0402 e. The molecule has 3 rings (SSSR count). The molecule has 1 aromatic rings. The Kier molecular flexibility index (Phi) is 6.25. The van der Waals surface area contributed by atoms with E-state index in [-0.39, 0.29) is 0 Å². The van der Waals surface area contributed by atoms with E-state index in [1.807, 2.05) is 0 Å². The number of aryl methyl sites for hydroxylation is 1. The highest BCUT2D eigenvalue weighted by Gasteiger charge is 2.40. The first-order chi connectivity index (χ1) is 12.7. The number of anilines is 1. The lowest BCUT2D eigenvalue weighted by atomic mass is 9.60. The number of nitrogens with zero attached hydrogens (tertiary/aromatic N) is 2. The fourth-order valence-corrected chi connectivity index (χ4v) is 5.95. The Balaban J connectivity index is 1.80. The molecular formula is C25H42N2. The van der Waals surface area contributed by atoms with Gasteiger partial charge in [-0.15, -0.1) is 0 Å². The minimum Gasteiger partial charge on any atom is -0.369 e. The van der Waals surface area contributed by atoms with Crippen LogP contribution in [0.2, 0.25) is 0 Å². The van der Waals surface area contributed by atoms with Gasteiger partial charge in [0.1, 0.15) is 0 Å². The summed E-state index contributed by atoms with van der Waals surface area (Å²) in [6.45, 7) is 20.5. The van der Waals surface area contributed by atoms with Crippen LogP contribution in [0.4, 0.5) is 5.69 Å². The summed E-state index contributed by atoms with van der Waals surface area (Å²) < 4.78 is 0. The summed E-state index contributed by atoms with van der Waals surface area (Å²) in [5.41, 5.74) is 5.43. The van der Waals surface area contributed by atoms with Crippen molar-refractivity contribution in [3.05, 3.63) is 29.3 Å². The van der Waals surface area contributed by atoms with Gasteiger partial charge in [0.25, 0.3) is 0 Å². The van der Waals surface area contributed by atoms with Gasteiger partial charge in [-0.3, -0.25) is 4.90 Å². The molecule has 0 unspecified atom stereocenters. The number of hydrogen-bond acceptors (Lipinski definition) is 2. The van der Waals surface area contributed by atoms with Crippen LogP contribution in [-0.4, -0.2) is 37.6 Å². The minimum atomic E-state index is 0.437. The zero-order valence-corrected chi connectivity index (χ0v) is 18.8. The van der Waals surface area contributed by atoms with E-state index in [1.54, 1.807) is 5.56 Å². The first-order valence-electron chi connectivity index (χ1n) is 11.3. The van der Waals surface area contributed by atoms with Crippen LogP contribution in [0.1, 0.15) is 83.8 Å². The molecule has 1 aromatic carbocycles. The van der Waals surface area contributed by atoms with Crippen molar-refractivity contribution >= 4 is 5.69 Å². The van der Waals surface area contributed by atoms with E-state index in [1.165, 1.54) is 76.1 Å². The second-order valence-corrected chi connectivity index (χ2v) is 10.9. The zero-order valence-electron chi connectivity index (χ0n) is 18.8. The predicted octanol–water partition coefficient (Wildman–Crippen LogP) is 6.24. The van der Waals surface area contributed by atoms with Gasteiger partial charge in [-0.25, -0.2) is 0 Å². The van der Waals surface area contributed by atoms with Crippen molar-refractivity contribution in [1.29, 1.82) is 0 Å². The molecular weight excluding hydrogens is 328 g/mol. The van der Waals surface area contributed by atoms with Crippen molar-refractivity contribution in [2.45, 2.75) is 79.6 Å². The van der Waals surface area contributed by atoms with Crippen LogP contribution in [0, 0.1) is 17.8 Å². The average Bonchev–Trinajstić information content (AvgIpc) is 2.58. The molecule has 0 radical (unpaired) electrons. The van der Waals surface area contributed by atoms with Gasteiger partial charge in [-0.05, 0) is 67.5 Å². The maximum absolute atomic E-state index is 2.67. The Labute approximate surface area is 168 Å². The smallest absolute Gasteiger partial charge is 0.0402 e. The first kappa shape index (κ1) is 20.7. The number of hydrogen-bond donors (Lipinski definition) is 0. The fraction of sp³-hybridized carbons (Fsp3) is 0.760. The highest BCUT2D eigenvalue weighted by atomic mass is 15.3. The Bertz CT molecular complexity index is 607. The molecule has 1 saturated carbocycles. The third kappa shape index (κ3) is 5.28. The lowest BCUT2D eigenvalue weighted by Crippen LogP contribution is -2.47. The molecule has 2 heteroatoms. The highest BCUT2D eigenvalue weighted by molar-refractivity contribution is 5.57. The molecule has 152 valence electrons. The van der Waals surface area contributed by atoms with E-state index < -0.39 is 0 Å². The van der Waals surface area contributed by atoms with Crippen molar-refractivity contribution in [2.24, 2.45) is 10.8 Å². The summed E-state index contributed by atoms with van der Waals surface area (Å²) in [5.74, 6) is 0.691. The summed E-state index contributed by atoms with van der Waals surface area (Å²) >= 11 is 0. The molecule has 0 aromatic heterocycles. The molecule has 2 nitrogen and oxygen atoms in total. The topological polar surface area (TPSA) is 6.48 Å². The van der Waals surface area contributed by atoms with Gasteiger partial charge in [0.15, 0.2) is 0 Å². The van der Waals surface area contributed by atoms with Gasteiger partial charge in [0.05, 0.1) is 0 Å². The van der Waals surface area contributed by atoms with Crippen molar-refractivity contribution in [3.8, 4) is 0 Å². The Hall–Kier alpha value is -1.02. The van der Waals surface area contributed by atoms with Gasteiger partial charge >= 0.3 is 0 Å². The van der Waals surface area contributed by atoms with E-state index >= 15 is 0 Å². The van der Waals surface area contributed by atoms with E-state index in [0.717, 1.165) is 0 Å². The van der Waals surface area contributed by atoms with Gasteiger partial charge in [0, 0.05) is 31.9 Å². The van der Waals surface area contributed by atoms with E-state index in [9.17, 15) is 0 Å². The SMILES string of the molecule is CCCCN1CCN(c2ccc(C)cc2C2CC(C)(C)CC(C)(C)C2)CC1. The van der Waals surface area contributed by atoms with Gasteiger partial charge in [0.2, 0.25) is 0 Å². The quantitative estimate of drug-likeness (QED) is 0.605. The molecule has 2 aliphatic rings. The summed E-state index contributed by atoms with van der Waals surface area (Å²) in [4.78, 5) is 5.33. The summed E-state index contributed by atoms with van der Waals surface area (Å²) in [6, 6.07) is 7.24. The van der Waals surface area contributed by atoms with Crippen molar-refractivity contribution in [3.63, 3.8) is 0 Å². The molecule has 0 amide bonds. The molecule has 1 aliphatic heterocycles. The van der Waals surface area contributed by atoms with Gasteiger partial charge < -0.3 is 4.90 Å². The molecule has 0 N–H and O–H groups in total. The zero-order chi connectivity index (χ0) is 19.7. The third-order valence-electron chi connectivity index (χ3n) is 6.72. The lowest BCUT2D eigenvalue weighted by molar-refractivity contribution is 0.0969. The molecule has 1 saturated heterocycles. The number of piperazine rings is 1. The first-order valence-corrected chi connectivity index (χ1v) is 11.3. The van der Waals surface area contributed by atoms with Crippen LogP contribution in [0.15, 0.2) is 18.2 Å². The Morgan fingerprint density at radius 1 is 0.963 bits per heavy atom. The molecule has 0 bridgehead atoms. The van der Waals surface area contributed by atoms with Gasteiger partial charge in [-0.1, -0.05) is 58.7 Å². The summed E-state index contributed by atoms with van der Waals surface area (Å²) in [7, 11) is 0. The Morgan fingerprint density at radius 3 is 2.19 bits per heavy atom. The summed E-state index contributed by atoms with van der Waals surface area (Å²) in [5, 5.41) is 0. The van der Waals surface area contributed by atoms with Crippen LogP contribution in [0.5, 0.6) is 0 Å². The van der Waals surface area contributed by atoms with Crippen molar-refractivity contribution < 1.29 is 0 Å². The standard InChI is InChI=1S/C25H42N2/c1-7-8-11-26-12-14-27(15-13-26)23-10-9-20(2)16-22(23)21-17-24(3,4)19-25(5,6)18-21/h9-10,16,21H,7-8,11-15,17-19H2,1-6H3.